The molecule has 0 aliphatic carbocycles. The lowest BCUT2D eigenvalue weighted by molar-refractivity contribution is -0.0701. The summed E-state index contributed by atoms with van der Waals surface area (Å²) in [6.45, 7) is -0.449. The number of carbonyl (C=O) groups excluding carboxylic acids is 3. The average molecular weight is 636 g/mol. The Balaban J connectivity index is 1.52. The molecule has 0 amide bonds. The second-order valence-electron chi connectivity index (χ2n) is 9.00. The number of carbonyl (C=O) groups is 3. The van der Waals surface area contributed by atoms with Crippen molar-refractivity contribution in [2.45, 2.75) is 24.5 Å². The van der Waals surface area contributed by atoms with E-state index in [1.54, 1.807) is 66.7 Å². The van der Waals surface area contributed by atoms with Gasteiger partial charge in [-0.05, 0) is 52.3 Å². The summed E-state index contributed by atoms with van der Waals surface area (Å²) in [7, 11) is 0. The summed E-state index contributed by atoms with van der Waals surface area (Å²) in [5, 5.41) is 3.95. The van der Waals surface area contributed by atoms with Crippen molar-refractivity contribution in [1.82, 2.24) is 14.8 Å². The Morgan fingerprint density at radius 1 is 0.762 bits per heavy atom. The number of aromatic amines is 1. The standard InChI is InChI=1S/C29H22BrN3O9/c30-23-24(34)31-29(38)33(32-23)25-22(42-28(37)19-14-8-3-9-15-19)21(41-27(36)18-12-6-2-7-13-18)20(40-25)16-39-26(35)17-10-4-1-5-11-17/h1-15,20-22,25H,16H2,(H,31,34,38). The van der Waals surface area contributed by atoms with Crippen LogP contribution in [-0.2, 0) is 18.9 Å². The van der Waals surface area contributed by atoms with Crippen LogP contribution in [-0.4, -0.2) is 57.6 Å². The smallest absolute Gasteiger partial charge is 0.347 e. The predicted molar refractivity (Wildman–Crippen MR) is 149 cm³/mol. The first-order valence-electron chi connectivity index (χ1n) is 12.6. The van der Waals surface area contributed by atoms with Crippen LogP contribution < -0.4 is 11.2 Å². The molecule has 0 radical (unpaired) electrons. The van der Waals surface area contributed by atoms with E-state index in [0.717, 1.165) is 4.68 Å². The fourth-order valence-electron chi connectivity index (χ4n) is 4.22. The lowest BCUT2D eigenvalue weighted by Gasteiger charge is -2.24. The molecule has 4 aromatic rings. The molecule has 12 nitrogen and oxygen atoms in total. The highest BCUT2D eigenvalue weighted by Crippen LogP contribution is 2.34. The summed E-state index contributed by atoms with van der Waals surface area (Å²) in [4.78, 5) is 65.9. The van der Waals surface area contributed by atoms with E-state index in [-0.39, 0.29) is 21.3 Å². The molecular formula is C29H22BrN3O9. The molecular weight excluding hydrogens is 614 g/mol. The van der Waals surface area contributed by atoms with E-state index in [1.807, 2.05) is 0 Å². The highest BCUT2D eigenvalue weighted by molar-refractivity contribution is 9.10. The van der Waals surface area contributed by atoms with Crippen LogP contribution in [0.25, 0.3) is 0 Å². The van der Waals surface area contributed by atoms with Gasteiger partial charge < -0.3 is 18.9 Å². The normalized spacial score (nSPS) is 19.5. The van der Waals surface area contributed by atoms with Crippen LogP contribution in [0, 0.1) is 0 Å². The quantitative estimate of drug-likeness (QED) is 0.225. The Hall–Kier alpha value is -4.88. The molecule has 1 aliphatic rings. The number of halogens is 1. The highest BCUT2D eigenvalue weighted by Gasteiger charge is 2.52. The van der Waals surface area contributed by atoms with E-state index < -0.39 is 60.3 Å². The molecule has 1 fully saturated rings. The van der Waals surface area contributed by atoms with Gasteiger partial charge in [0.15, 0.2) is 23.0 Å². The zero-order valence-electron chi connectivity index (χ0n) is 21.6. The zero-order valence-corrected chi connectivity index (χ0v) is 23.2. The molecule has 5 rings (SSSR count). The largest absolute Gasteiger partial charge is 0.459 e. The van der Waals surface area contributed by atoms with Gasteiger partial charge in [0.2, 0.25) is 0 Å². The number of rotatable bonds is 8. The number of ether oxygens (including phenoxy) is 4. The fraction of sp³-hybridized carbons (Fsp3) is 0.172. The van der Waals surface area contributed by atoms with Crippen LogP contribution in [0.1, 0.15) is 37.3 Å². The van der Waals surface area contributed by atoms with E-state index >= 15 is 0 Å². The molecule has 3 aromatic carbocycles. The fourth-order valence-corrected chi connectivity index (χ4v) is 4.49. The maximum atomic E-state index is 13.2. The van der Waals surface area contributed by atoms with Crippen molar-refractivity contribution >= 4 is 33.8 Å². The lowest BCUT2D eigenvalue weighted by atomic mass is 10.1. The van der Waals surface area contributed by atoms with E-state index in [2.05, 4.69) is 26.0 Å². The van der Waals surface area contributed by atoms with Gasteiger partial charge in [0.25, 0.3) is 5.56 Å². The topological polar surface area (TPSA) is 156 Å². The maximum absolute atomic E-state index is 13.2. The van der Waals surface area contributed by atoms with Crippen LogP contribution in [0.5, 0.6) is 0 Å². The van der Waals surface area contributed by atoms with Gasteiger partial charge in [-0.1, -0.05) is 54.6 Å². The van der Waals surface area contributed by atoms with Crippen LogP contribution in [0.15, 0.2) is 105 Å². The van der Waals surface area contributed by atoms with Gasteiger partial charge in [-0.15, -0.1) is 0 Å². The maximum Gasteiger partial charge on any atom is 0.347 e. The van der Waals surface area contributed by atoms with Crippen molar-refractivity contribution in [3.05, 3.63) is 133 Å². The minimum Gasteiger partial charge on any atom is -0.459 e. The van der Waals surface area contributed by atoms with E-state index in [1.165, 1.54) is 24.3 Å². The van der Waals surface area contributed by atoms with Gasteiger partial charge >= 0.3 is 23.6 Å². The third-order valence-corrected chi connectivity index (χ3v) is 6.75. The average Bonchev–Trinajstić information content (AvgIpc) is 3.34. The van der Waals surface area contributed by atoms with E-state index in [0.29, 0.717) is 0 Å². The first kappa shape index (κ1) is 28.6. The van der Waals surface area contributed by atoms with Crippen LogP contribution >= 0.6 is 15.9 Å². The molecule has 214 valence electrons. The molecule has 4 atom stereocenters. The minimum atomic E-state index is -1.49. The van der Waals surface area contributed by atoms with Gasteiger partial charge in [0.1, 0.15) is 12.7 Å². The minimum absolute atomic E-state index is 0.172. The van der Waals surface area contributed by atoms with E-state index in [9.17, 15) is 24.0 Å². The molecule has 4 unspecified atom stereocenters. The van der Waals surface area contributed by atoms with Crippen molar-refractivity contribution in [3.63, 3.8) is 0 Å². The van der Waals surface area contributed by atoms with Crippen molar-refractivity contribution in [1.29, 1.82) is 0 Å². The van der Waals surface area contributed by atoms with Gasteiger partial charge in [0, 0.05) is 0 Å². The Bertz CT molecular complexity index is 1690. The third kappa shape index (κ3) is 6.37. The number of hydrogen-bond acceptors (Lipinski definition) is 10. The Kier molecular flexibility index (Phi) is 8.69. The summed E-state index contributed by atoms with van der Waals surface area (Å²) >= 11 is 2.98. The molecule has 0 saturated carbocycles. The lowest BCUT2D eigenvalue weighted by Crippen LogP contribution is -2.44. The monoisotopic (exact) mass is 635 g/mol. The van der Waals surface area contributed by atoms with Crippen LogP contribution in [0.2, 0.25) is 0 Å². The summed E-state index contributed by atoms with van der Waals surface area (Å²) in [5.41, 5.74) is -1.15. The number of nitrogens with zero attached hydrogens (tertiary/aromatic N) is 2. The molecule has 1 aliphatic heterocycles. The Morgan fingerprint density at radius 2 is 1.24 bits per heavy atom. The first-order valence-corrected chi connectivity index (χ1v) is 13.4. The summed E-state index contributed by atoms with van der Waals surface area (Å²) in [6.07, 6.45) is -5.55. The number of esters is 3. The molecule has 13 heteroatoms. The van der Waals surface area contributed by atoms with Gasteiger partial charge in [-0.25, -0.2) is 19.2 Å². The highest BCUT2D eigenvalue weighted by atomic mass is 79.9. The van der Waals surface area contributed by atoms with Crippen molar-refractivity contribution in [2.75, 3.05) is 6.61 Å². The molecule has 1 N–H and O–H groups in total. The summed E-state index contributed by atoms with van der Waals surface area (Å²) in [5.74, 6) is -2.28. The molecule has 1 saturated heterocycles. The predicted octanol–water partition coefficient (Wildman–Crippen LogP) is 2.90. The second-order valence-corrected chi connectivity index (χ2v) is 9.75. The van der Waals surface area contributed by atoms with Crippen molar-refractivity contribution < 1.29 is 33.3 Å². The third-order valence-electron chi connectivity index (χ3n) is 6.23. The second kappa shape index (κ2) is 12.7. The first-order chi connectivity index (χ1) is 20.3. The van der Waals surface area contributed by atoms with Crippen molar-refractivity contribution in [2.24, 2.45) is 0 Å². The number of nitrogens with one attached hydrogen (secondary N) is 1. The number of H-pyrrole nitrogens is 1. The van der Waals surface area contributed by atoms with Crippen molar-refractivity contribution in [3.8, 4) is 0 Å². The van der Waals surface area contributed by atoms with Gasteiger partial charge in [-0.3, -0.25) is 9.78 Å². The summed E-state index contributed by atoms with van der Waals surface area (Å²) in [6, 6.07) is 24.2. The van der Waals surface area contributed by atoms with Gasteiger partial charge in [0.05, 0.1) is 16.7 Å². The molecule has 42 heavy (non-hydrogen) atoms. The molecule has 0 bridgehead atoms. The Morgan fingerprint density at radius 3 is 1.76 bits per heavy atom. The SMILES string of the molecule is O=C(OCC1OC(n2nc(Br)c(=O)[nH]c2=O)C(OC(=O)c2ccccc2)C1OC(=O)c1ccccc1)c1ccccc1. The molecule has 1 aromatic heterocycles. The molecule has 2 heterocycles. The number of hydrogen-bond donors (Lipinski definition) is 1. The van der Waals surface area contributed by atoms with Gasteiger partial charge in [-0.2, -0.15) is 9.78 Å². The zero-order chi connectivity index (χ0) is 29.6. The van der Waals surface area contributed by atoms with Crippen LogP contribution in [0.4, 0.5) is 0 Å². The number of aromatic nitrogens is 3. The molecule has 0 spiro atoms. The Labute approximate surface area is 245 Å². The van der Waals surface area contributed by atoms with Crippen LogP contribution in [0.3, 0.4) is 0 Å². The number of benzene rings is 3. The van der Waals surface area contributed by atoms with E-state index in [4.69, 9.17) is 18.9 Å². The summed E-state index contributed by atoms with van der Waals surface area (Å²) < 4.78 is 23.5.